The molecule has 0 aromatic heterocycles. The van der Waals surface area contributed by atoms with Crippen LogP contribution in [0.5, 0.6) is 0 Å². The predicted molar refractivity (Wildman–Crippen MR) is 53.2 cm³/mol. The number of nitrogens with zero attached hydrogens (tertiary/aromatic N) is 2. The van der Waals surface area contributed by atoms with Gasteiger partial charge in [0.25, 0.3) is 12.2 Å². The molecule has 1 amide bonds. The van der Waals surface area contributed by atoms with Gasteiger partial charge < -0.3 is 10.2 Å². The highest BCUT2D eigenvalue weighted by atomic mass is 16.6. The topological polar surface area (TPSA) is 76.6 Å². The average molecular weight is 205 g/mol. The van der Waals surface area contributed by atoms with Gasteiger partial charge in [0.05, 0.1) is 4.92 Å². The predicted octanol–water partition coefficient (Wildman–Crippen LogP) is 1.45. The molecule has 0 saturated carbocycles. The second-order valence-electron chi connectivity index (χ2n) is 2.67. The van der Waals surface area contributed by atoms with E-state index in [1.807, 2.05) is 0 Å². The van der Waals surface area contributed by atoms with E-state index in [2.05, 4.69) is 10.2 Å². The van der Waals surface area contributed by atoms with Crippen molar-refractivity contribution in [2.75, 3.05) is 11.9 Å². The van der Waals surface area contributed by atoms with E-state index in [0.717, 1.165) is 0 Å². The maximum atomic E-state index is 11.0. The maximum absolute atomic E-state index is 11.0. The first-order chi connectivity index (χ1) is 7.13. The van der Waals surface area contributed by atoms with Crippen molar-refractivity contribution in [3.8, 4) is 0 Å². The highest BCUT2D eigenvalue weighted by Gasteiger charge is 2.07. The van der Waals surface area contributed by atoms with Gasteiger partial charge >= 0.3 is 5.91 Å². The van der Waals surface area contributed by atoms with Gasteiger partial charge in [-0.1, -0.05) is 0 Å². The third-order valence-electron chi connectivity index (χ3n) is 1.58. The molecule has 15 heavy (non-hydrogen) atoms. The number of nitro groups is 1. The van der Waals surface area contributed by atoms with Gasteiger partial charge in [0, 0.05) is 17.8 Å². The number of carbonyl (C=O) groups excluding carboxylic acids is 1. The molecule has 0 radical (unpaired) electrons. The second-order valence-corrected chi connectivity index (χ2v) is 2.67. The van der Waals surface area contributed by atoms with Crippen molar-refractivity contribution in [1.29, 1.82) is 0 Å². The van der Waals surface area contributed by atoms with Crippen LogP contribution in [0.4, 0.5) is 11.4 Å². The summed E-state index contributed by atoms with van der Waals surface area (Å²) in [5, 5.41) is 12.7. The zero-order chi connectivity index (χ0) is 11.3. The molecule has 0 aliphatic heterocycles. The molecule has 1 aromatic rings. The molecule has 0 aliphatic carbocycles. The molecule has 1 aromatic carbocycles. The Kier molecular flexibility index (Phi) is 3.35. The summed E-state index contributed by atoms with van der Waals surface area (Å²) in [6.07, 6.45) is 0. The first kappa shape index (κ1) is 10.7. The normalized spacial score (nSPS) is 9.00. The molecule has 0 saturated heterocycles. The van der Waals surface area contributed by atoms with Gasteiger partial charge in [0.15, 0.2) is 0 Å². The fourth-order valence-electron chi connectivity index (χ4n) is 0.939. The molecule has 6 nitrogen and oxygen atoms in total. The zero-order valence-corrected chi connectivity index (χ0v) is 7.64. The summed E-state index contributed by atoms with van der Waals surface area (Å²) in [4.78, 5) is 23.7. The molecule has 0 atom stereocenters. The van der Waals surface area contributed by atoms with E-state index in [9.17, 15) is 14.9 Å². The quantitative estimate of drug-likeness (QED) is 0.461. The van der Waals surface area contributed by atoms with Crippen molar-refractivity contribution in [1.82, 2.24) is 0 Å². The summed E-state index contributed by atoms with van der Waals surface area (Å²) in [5.41, 5.74) is 0.396. The van der Waals surface area contributed by atoms with Crippen LogP contribution in [0.15, 0.2) is 24.3 Å². The number of benzene rings is 1. The summed E-state index contributed by atoms with van der Waals surface area (Å²) in [6, 6.07) is 5.40. The summed E-state index contributed by atoms with van der Waals surface area (Å²) < 4.78 is 0. The molecule has 0 heterocycles. The molecule has 6 heteroatoms. The van der Waals surface area contributed by atoms with Crippen molar-refractivity contribution in [2.45, 2.75) is 0 Å². The lowest BCUT2D eigenvalue weighted by Gasteiger charge is -1.99. The number of hydrogen-bond donors (Lipinski definition) is 1. The molecule has 76 valence electrons. The number of nitro benzene ring substituents is 1. The zero-order valence-electron chi connectivity index (χ0n) is 7.64. The molecular formula is C9H7N3O3. The van der Waals surface area contributed by atoms with E-state index in [-0.39, 0.29) is 12.2 Å². The Bertz CT molecular complexity index is 419. The van der Waals surface area contributed by atoms with Gasteiger partial charge in [-0.3, -0.25) is 14.9 Å². The summed E-state index contributed by atoms with van der Waals surface area (Å²) >= 11 is 0. The van der Waals surface area contributed by atoms with E-state index >= 15 is 0 Å². The SMILES string of the molecule is [C-]#[N+]CC(=O)Nc1ccc([N+](=O)[O-])cc1. The Balaban J connectivity index is 2.69. The molecule has 1 rings (SSSR count). The minimum Gasteiger partial charge on any atom is -0.320 e. The Morgan fingerprint density at radius 2 is 2.07 bits per heavy atom. The standard InChI is InChI=1S/C9H7N3O3/c1-10-6-9(13)11-7-2-4-8(5-3-7)12(14)15/h2-5H,6H2,(H,11,13). The summed E-state index contributed by atoms with van der Waals surface area (Å²) in [7, 11) is 0. The number of nitrogens with one attached hydrogen (secondary N) is 1. The number of anilines is 1. The van der Waals surface area contributed by atoms with Gasteiger partial charge in [0.2, 0.25) is 0 Å². The molecular weight excluding hydrogens is 198 g/mol. The van der Waals surface area contributed by atoms with Crippen LogP contribution in [0.3, 0.4) is 0 Å². The molecule has 0 bridgehead atoms. The maximum Gasteiger partial charge on any atom is 0.304 e. The third-order valence-corrected chi connectivity index (χ3v) is 1.58. The number of carbonyl (C=O) groups is 1. The van der Waals surface area contributed by atoms with Crippen LogP contribution in [-0.4, -0.2) is 17.4 Å². The Hall–Kier alpha value is -2.42. The second kappa shape index (κ2) is 4.72. The van der Waals surface area contributed by atoms with Crippen LogP contribution in [0, 0.1) is 16.7 Å². The van der Waals surface area contributed by atoms with Crippen LogP contribution in [0.1, 0.15) is 0 Å². The lowest BCUT2D eigenvalue weighted by Crippen LogP contribution is -2.13. The molecule has 0 unspecified atom stereocenters. The van der Waals surface area contributed by atoms with Crippen molar-refractivity contribution < 1.29 is 9.72 Å². The molecule has 0 aliphatic rings. The van der Waals surface area contributed by atoms with Crippen LogP contribution in [-0.2, 0) is 4.79 Å². The Morgan fingerprint density at radius 3 is 2.53 bits per heavy atom. The summed E-state index contributed by atoms with van der Waals surface area (Å²) in [6.45, 7) is 6.21. The van der Waals surface area contributed by atoms with E-state index in [1.54, 1.807) is 0 Å². The van der Waals surface area contributed by atoms with Crippen LogP contribution in [0.25, 0.3) is 4.85 Å². The van der Waals surface area contributed by atoms with E-state index in [0.29, 0.717) is 5.69 Å². The highest BCUT2D eigenvalue weighted by Crippen LogP contribution is 2.15. The van der Waals surface area contributed by atoms with Crippen molar-refractivity contribution in [3.63, 3.8) is 0 Å². The summed E-state index contributed by atoms with van der Waals surface area (Å²) in [5.74, 6) is -0.432. The number of non-ortho nitro benzene ring substituents is 1. The molecule has 0 spiro atoms. The minimum absolute atomic E-state index is 0.0434. The van der Waals surface area contributed by atoms with Gasteiger partial charge in [-0.25, -0.2) is 6.57 Å². The third kappa shape index (κ3) is 3.08. The highest BCUT2D eigenvalue weighted by molar-refractivity contribution is 5.93. The van der Waals surface area contributed by atoms with Gasteiger partial charge in [-0.15, -0.1) is 0 Å². The lowest BCUT2D eigenvalue weighted by atomic mass is 10.3. The van der Waals surface area contributed by atoms with Gasteiger partial charge in [-0.05, 0) is 12.1 Å². The molecule has 0 fully saturated rings. The smallest absolute Gasteiger partial charge is 0.304 e. The first-order valence-corrected chi connectivity index (χ1v) is 4.01. The molecule has 1 N–H and O–H groups in total. The van der Waals surface area contributed by atoms with E-state index in [4.69, 9.17) is 6.57 Å². The van der Waals surface area contributed by atoms with Crippen LogP contribution in [0.2, 0.25) is 0 Å². The van der Waals surface area contributed by atoms with Crippen LogP contribution < -0.4 is 5.32 Å². The average Bonchev–Trinajstić information content (AvgIpc) is 2.18. The van der Waals surface area contributed by atoms with Crippen LogP contribution >= 0.6 is 0 Å². The first-order valence-electron chi connectivity index (χ1n) is 4.01. The fourth-order valence-corrected chi connectivity index (χ4v) is 0.939. The van der Waals surface area contributed by atoms with Crippen molar-refractivity contribution in [3.05, 3.63) is 45.8 Å². The largest absolute Gasteiger partial charge is 0.320 e. The minimum atomic E-state index is -0.523. The number of hydrogen-bond acceptors (Lipinski definition) is 3. The van der Waals surface area contributed by atoms with E-state index in [1.165, 1.54) is 24.3 Å². The lowest BCUT2D eigenvalue weighted by molar-refractivity contribution is -0.384. The van der Waals surface area contributed by atoms with Crippen molar-refractivity contribution in [2.24, 2.45) is 0 Å². The Labute approximate surface area is 85.5 Å². The number of rotatable bonds is 3. The number of amides is 1. The Morgan fingerprint density at radius 1 is 1.47 bits per heavy atom. The van der Waals surface area contributed by atoms with Crippen molar-refractivity contribution >= 4 is 17.3 Å². The van der Waals surface area contributed by atoms with Gasteiger partial charge in [0.1, 0.15) is 0 Å². The fraction of sp³-hybridized carbons (Fsp3) is 0.111. The van der Waals surface area contributed by atoms with Gasteiger partial charge in [-0.2, -0.15) is 0 Å². The monoisotopic (exact) mass is 205 g/mol. The van der Waals surface area contributed by atoms with E-state index < -0.39 is 10.8 Å².